The van der Waals surface area contributed by atoms with Crippen LogP contribution < -0.4 is 15.5 Å². The van der Waals surface area contributed by atoms with Crippen molar-refractivity contribution in [2.45, 2.75) is 13.0 Å². The highest BCUT2D eigenvalue weighted by atomic mass is 15.3. The van der Waals surface area contributed by atoms with E-state index >= 15 is 0 Å². The molecular weight excluding hydrogens is 202 g/mol. The second-order valence-electron chi connectivity index (χ2n) is 4.34. The smallest absolute Gasteiger partial charge is 0.151 e. The summed E-state index contributed by atoms with van der Waals surface area (Å²) in [7, 11) is 0. The van der Waals surface area contributed by atoms with Crippen LogP contribution in [0.1, 0.15) is 11.3 Å². The highest BCUT2D eigenvalue weighted by Crippen LogP contribution is 2.17. The molecule has 1 saturated heterocycles. The summed E-state index contributed by atoms with van der Waals surface area (Å²) in [5.74, 6) is 1.04. The quantitative estimate of drug-likeness (QED) is 0.669. The Morgan fingerprint density at radius 1 is 1.06 bits per heavy atom. The molecule has 3 rings (SSSR count). The van der Waals surface area contributed by atoms with Gasteiger partial charge in [-0.25, -0.2) is 0 Å². The highest BCUT2D eigenvalue weighted by Gasteiger charge is 2.16. The number of anilines is 1. The van der Waals surface area contributed by atoms with Crippen LogP contribution in [0.4, 0.5) is 5.82 Å². The van der Waals surface area contributed by atoms with Crippen LogP contribution in [0.25, 0.3) is 0 Å². The molecule has 0 radical (unpaired) electrons. The van der Waals surface area contributed by atoms with Gasteiger partial charge in [0.05, 0.1) is 5.69 Å². The van der Waals surface area contributed by atoms with E-state index < -0.39 is 0 Å². The molecular formula is C11H17N5. The summed E-state index contributed by atoms with van der Waals surface area (Å²) in [6, 6.07) is 2.22. The van der Waals surface area contributed by atoms with E-state index in [1.165, 1.54) is 5.56 Å². The van der Waals surface area contributed by atoms with Crippen LogP contribution >= 0.6 is 0 Å². The second kappa shape index (κ2) is 4.35. The maximum atomic E-state index is 4.32. The first-order valence-electron chi connectivity index (χ1n) is 5.95. The zero-order chi connectivity index (χ0) is 10.8. The van der Waals surface area contributed by atoms with E-state index in [1.807, 2.05) is 0 Å². The Morgan fingerprint density at radius 3 is 2.81 bits per heavy atom. The molecule has 0 saturated carbocycles. The molecule has 2 aliphatic heterocycles. The van der Waals surface area contributed by atoms with E-state index in [4.69, 9.17) is 0 Å². The van der Waals surface area contributed by atoms with Gasteiger partial charge in [-0.3, -0.25) is 0 Å². The molecule has 0 amide bonds. The first-order valence-corrected chi connectivity index (χ1v) is 5.95. The monoisotopic (exact) mass is 219 g/mol. The van der Waals surface area contributed by atoms with Gasteiger partial charge in [-0.1, -0.05) is 0 Å². The fourth-order valence-corrected chi connectivity index (χ4v) is 2.29. The molecule has 2 aliphatic rings. The molecule has 1 aromatic rings. The van der Waals surface area contributed by atoms with Gasteiger partial charge < -0.3 is 15.5 Å². The topological polar surface area (TPSA) is 53.1 Å². The Hall–Kier alpha value is -1.20. The van der Waals surface area contributed by atoms with Gasteiger partial charge in [-0.05, 0) is 24.6 Å². The molecule has 0 unspecified atom stereocenters. The van der Waals surface area contributed by atoms with Gasteiger partial charge in [0.1, 0.15) is 0 Å². The Kier molecular flexibility index (Phi) is 2.71. The molecule has 0 aromatic carbocycles. The zero-order valence-electron chi connectivity index (χ0n) is 9.37. The molecule has 0 spiro atoms. The normalized spacial score (nSPS) is 20.6. The summed E-state index contributed by atoms with van der Waals surface area (Å²) >= 11 is 0. The molecule has 3 heterocycles. The van der Waals surface area contributed by atoms with E-state index in [0.29, 0.717) is 0 Å². The van der Waals surface area contributed by atoms with Crippen LogP contribution in [-0.2, 0) is 13.0 Å². The van der Waals surface area contributed by atoms with Gasteiger partial charge in [-0.15, -0.1) is 5.10 Å². The predicted octanol–water partition coefficient (Wildman–Crippen LogP) is -0.468. The van der Waals surface area contributed by atoms with E-state index in [-0.39, 0.29) is 0 Å². The standard InChI is InChI=1S/C11H17N5/c1-2-13-8-10-9(1)7-11(15-14-10)16-5-3-12-4-6-16/h7,12-13H,1-6,8H2. The Balaban J connectivity index is 1.84. The zero-order valence-corrected chi connectivity index (χ0v) is 9.37. The number of nitrogens with zero attached hydrogens (tertiary/aromatic N) is 3. The highest BCUT2D eigenvalue weighted by molar-refractivity contribution is 5.42. The second-order valence-corrected chi connectivity index (χ2v) is 4.34. The van der Waals surface area contributed by atoms with Crippen LogP contribution in [0.5, 0.6) is 0 Å². The number of piperazine rings is 1. The van der Waals surface area contributed by atoms with Crippen molar-refractivity contribution in [3.8, 4) is 0 Å². The van der Waals surface area contributed by atoms with Crippen LogP contribution in [0.15, 0.2) is 6.07 Å². The molecule has 0 aliphatic carbocycles. The molecule has 0 bridgehead atoms. The number of aromatic nitrogens is 2. The molecule has 1 fully saturated rings. The van der Waals surface area contributed by atoms with E-state index in [1.54, 1.807) is 0 Å². The van der Waals surface area contributed by atoms with Crippen molar-refractivity contribution in [2.75, 3.05) is 37.6 Å². The molecule has 16 heavy (non-hydrogen) atoms. The largest absolute Gasteiger partial charge is 0.353 e. The third-order valence-corrected chi connectivity index (χ3v) is 3.25. The molecule has 2 N–H and O–H groups in total. The minimum atomic E-state index is 0.865. The predicted molar refractivity (Wildman–Crippen MR) is 62.5 cm³/mol. The number of hydrogen-bond acceptors (Lipinski definition) is 5. The molecule has 1 aromatic heterocycles. The number of nitrogens with one attached hydrogen (secondary N) is 2. The van der Waals surface area contributed by atoms with Crippen LogP contribution in [-0.4, -0.2) is 42.9 Å². The van der Waals surface area contributed by atoms with Gasteiger partial charge in [0, 0.05) is 32.7 Å². The summed E-state index contributed by atoms with van der Waals surface area (Å²) in [6.07, 6.45) is 1.07. The van der Waals surface area contributed by atoms with Crippen LogP contribution in [0.2, 0.25) is 0 Å². The van der Waals surface area contributed by atoms with Gasteiger partial charge in [0.25, 0.3) is 0 Å². The average Bonchev–Trinajstić information content (AvgIpc) is 2.39. The number of hydrogen-bond donors (Lipinski definition) is 2. The minimum absolute atomic E-state index is 0.865. The van der Waals surface area contributed by atoms with Gasteiger partial charge in [0.15, 0.2) is 5.82 Å². The fourth-order valence-electron chi connectivity index (χ4n) is 2.29. The maximum absolute atomic E-state index is 4.32. The van der Waals surface area contributed by atoms with Gasteiger partial charge in [-0.2, -0.15) is 5.10 Å². The Labute approximate surface area is 95.2 Å². The van der Waals surface area contributed by atoms with Crippen molar-refractivity contribution in [1.82, 2.24) is 20.8 Å². The lowest BCUT2D eigenvalue weighted by molar-refractivity contribution is 0.575. The van der Waals surface area contributed by atoms with Crippen LogP contribution in [0.3, 0.4) is 0 Å². The number of rotatable bonds is 1. The van der Waals surface area contributed by atoms with Gasteiger partial charge in [0.2, 0.25) is 0 Å². The Morgan fingerprint density at radius 2 is 1.94 bits per heavy atom. The first kappa shape index (κ1) is 9.99. The molecule has 86 valence electrons. The summed E-state index contributed by atoms with van der Waals surface area (Å²) in [5, 5.41) is 15.3. The van der Waals surface area contributed by atoms with E-state index in [9.17, 15) is 0 Å². The number of fused-ring (bicyclic) bond motifs is 1. The first-order chi connectivity index (χ1) is 7.93. The lowest BCUT2D eigenvalue weighted by Gasteiger charge is -2.28. The van der Waals surface area contributed by atoms with Crippen molar-refractivity contribution in [3.63, 3.8) is 0 Å². The molecule has 5 nitrogen and oxygen atoms in total. The SMILES string of the molecule is c1c(N2CCNCC2)nnc2c1CCNC2. The fraction of sp³-hybridized carbons (Fsp3) is 0.636. The van der Waals surface area contributed by atoms with Crippen molar-refractivity contribution < 1.29 is 0 Å². The van der Waals surface area contributed by atoms with E-state index in [2.05, 4.69) is 31.8 Å². The third kappa shape index (κ3) is 1.88. The van der Waals surface area contributed by atoms with Crippen molar-refractivity contribution in [2.24, 2.45) is 0 Å². The van der Waals surface area contributed by atoms with Crippen molar-refractivity contribution in [1.29, 1.82) is 0 Å². The van der Waals surface area contributed by atoms with E-state index in [0.717, 1.165) is 57.2 Å². The maximum Gasteiger partial charge on any atom is 0.151 e. The third-order valence-electron chi connectivity index (χ3n) is 3.25. The van der Waals surface area contributed by atoms with Gasteiger partial charge >= 0.3 is 0 Å². The summed E-state index contributed by atoms with van der Waals surface area (Å²) in [4.78, 5) is 2.31. The van der Waals surface area contributed by atoms with Crippen molar-refractivity contribution >= 4 is 5.82 Å². The molecule has 5 heteroatoms. The summed E-state index contributed by atoms with van der Waals surface area (Å²) in [6.45, 7) is 6.07. The lowest BCUT2D eigenvalue weighted by Crippen LogP contribution is -2.44. The van der Waals surface area contributed by atoms with Crippen LogP contribution in [0, 0.1) is 0 Å². The summed E-state index contributed by atoms with van der Waals surface area (Å²) in [5.41, 5.74) is 2.48. The average molecular weight is 219 g/mol. The lowest BCUT2D eigenvalue weighted by atomic mass is 10.1. The summed E-state index contributed by atoms with van der Waals surface area (Å²) < 4.78 is 0. The minimum Gasteiger partial charge on any atom is -0.353 e. The Bertz CT molecular complexity index is 373. The van der Waals surface area contributed by atoms with Crippen molar-refractivity contribution in [3.05, 3.63) is 17.3 Å². The molecule has 0 atom stereocenters.